The number of fused-ring (bicyclic) bond motifs is 14. The number of anilines is 6. The number of benzene rings is 11. The Kier molecular flexibility index (Phi) is 9.88. The quantitative estimate of drug-likeness (QED) is 0.151. The molecule has 0 amide bonds. The van der Waals surface area contributed by atoms with Gasteiger partial charge in [-0.1, -0.05) is 201 Å². The highest BCUT2D eigenvalue weighted by molar-refractivity contribution is 6.16. The van der Waals surface area contributed by atoms with Crippen LogP contribution in [0.15, 0.2) is 253 Å². The van der Waals surface area contributed by atoms with Gasteiger partial charge in [-0.3, -0.25) is 0 Å². The molecule has 1 saturated carbocycles. The van der Waals surface area contributed by atoms with Crippen molar-refractivity contribution >= 4 is 66.8 Å². The second kappa shape index (κ2) is 17.1. The minimum atomic E-state index is -0.627. The smallest absolute Gasteiger partial charge is 0.137 e. The van der Waals surface area contributed by atoms with Crippen LogP contribution in [0.1, 0.15) is 65.8 Å². The molecule has 11 aromatic carbocycles. The van der Waals surface area contributed by atoms with Gasteiger partial charge in [-0.05, 0) is 147 Å². The number of furan rings is 1. The Morgan fingerprint density at radius 3 is 1.62 bits per heavy atom. The zero-order valence-corrected chi connectivity index (χ0v) is 41.1. The molecule has 12 aromatic rings. The minimum Gasteiger partial charge on any atom is -0.456 e. The maximum atomic E-state index is 6.69. The Balaban J connectivity index is 0.999. The molecule has 74 heavy (non-hydrogen) atoms. The van der Waals surface area contributed by atoms with Gasteiger partial charge in [0.15, 0.2) is 0 Å². The number of rotatable bonds is 8. The van der Waals surface area contributed by atoms with Crippen LogP contribution in [0, 0.1) is 0 Å². The Bertz CT molecular complexity index is 4120. The van der Waals surface area contributed by atoms with Crippen LogP contribution in [0.5, 0.6) is 0 Å². The van der Waals surface area contributed by atoms with E-state index in [1.807, 2.05) is 0 Å². The van der Waals surface area contributed by atoms with E-state index in [-0.39, 0.29) is 0 Å². The molecule has 0 radical (unpaired) electrons. The maximum absolute atomic E-state index is 6.69. The molecule has 1 aromatic heterocycles. The number of para-hydroxylation sites is 2. The molecule has 3 heteroatoms. The van der Waals surface area contributed by atoms with Crippen molar-refractivity contribution in [2.75, 3.05) is 9.80 Å². The number of nitrogens with zero attached hydrogens (tertiary/aromatic N) is 2. The zero-order chi connectivity index (χ0) is 48.7. The van der Waals surface area contributed by atoms with Gasteiger partial charge < -0.3 is 14.2 Å². The van der Waals surface area contributed by atoms with Crippen molar-refractivity contribution in [1.82, 2.24) is 0 Å². The van der Waals surface area contributed by atoms with Crippen molar-refractivity contribution in [3.63, 3.8) is 0 Å². The van der Waals surface area contributed by atoms with E-state index < -0.39 is 5.41 Å². The molecular weight excluding hydrogens is 897 g/mol. The van der Waals surface area contributed by atoms with Gasteiger partial charge in [0.2, 0.25) is 0 Å². The van der Waals surface area contributed by atoms with Crippen LogP contribution in [-0.2, 0) is 5.41 Å². The van der Waals surface area contributed by atoms with E-state index in [0.29, 0.717) is 5.92 Å². The summed E-state index contributed by atoms with van der Waals surface area (Å²) in [4.78, 5) is 5.00. The Morgan fingerprint density at radius 2 is 0.905 bits per heavy atom. The van der Waals surface area contributed by atoms with Gasteiger partial charge in [0.1, 0.15) is 11.2 Å². The second-order valence-electron chi connectivity index (χ2n) is 20.5. The fourth-order valence-corrected chi connectivity index (χ4v) is 13.4. The molecule has 1 heterocycles. The lowest BCUT2D eigenvalue weighted by Crippen LogP contribution is -2.26. The molecule has 3 nitrogen and oxygen atoms in total. The van der Waals surface area contributed by atoms with Crippen LogP contribution in [0.2, 0.25) is 0 Å². The van der Waals surface area contributed by atoms with Crippen molar-refractivity contribution in [1.29, 1.82) is 0 Å². The van der Waals surface area contributed by atoms with E-state index in [1.165, 1.54) is 92.9 Å². The van der Waals surface area contributed by atoms with Gasteiger partial charge in [-0.15, -0.1) is 0 Å². The first-order chi connectivity index (χ1) is 36.7. The molecule has 3 aliphatic rings. The molecule has 15 rings (SSSR count). The van der Waals surface area contributed by atoms with E-state index in [2.05, 4.69) is 259 Å². The molecule has 3 aliphatic carbocycles. The fraction of sp³-hybridized carbons (Fsp3) is 0.0986. The summed E-state index contributed by atoms with van der Waals surface area (Å²) < 4.78 is 6.69. The van der Waals surface area contributed by atoms with Gasteiger partial charge in [-0.2, -0.15) is 0 Å². The number of hydrogen-bond acceptors (Lipinski definition) is 3. The first-order valence-electron chi connectivity index (χ1n) is 26.4. The van der Waals surface area contributed by atoms with E-state index in [1.54, 1.807) is 0 Å². The minimum absolute atomic E-state index is 0.627. The van der Waals surface area contributed by atoms with Crippen LogP contribution in [-0.4, -0.2) is 0 Å². The zero-order valence-electron chi connectivity index (χ0n) is 41.1. The summed E-state index contributed by atoms with van der Waals surface area (Å²) in [6.07, 6.45) is 6.56. The predicted octanol–water partition coefficient (Wildman–Crippen LogP) is 19.7. The molecule has 352 valence electrons. The predicted molar refractivity (Wildman–Crippen MR) is 308 cm³/mol. The summed E-state index contributed by atoms with van der Waals surface area (Å²) in [5.74, 6) is 0.641. The van der Waals surface area contributed by atoms with E-state index in [9.17, 15) is 0 Å². The Morgan fingerprint density at radius 1 is 0.365 bits per heavy atom. The molecule has 1 atom stereocenters. The van der Waals surface area contributed by atoms with E-state index in [0.717, 1.165) is 67.2 Å². The van der Waals surface area contributed by atoms with Gasteiger partial charge in [0, 0.05) is 39.1 Å². The summed E-state index contributed by atoms with van der Waals surface area (Å²) in [5.41, 5.74) is 21.8. The van der Waals surface area contributed by atoms with Crippen LogP contribution in [0.25, 0.3) is 66.1 Å². The van der Waals surface area contributed by atoms with Crippen molar-refractivity contribution in [3.05, 3.63) is 277 Å². The number of hydrogen-bond donors (Lipinski definition) is 0. The first-order valence-corrected chi connectivity index (χ1v) is 26.4. The molecule has 1 spiro atoms. The highest BCUT2D eigenvalue weighted by Gasteiger charge is 2.52. The largest absolute Gasteiger partial charge is 0.456 e. The SMILES string of the molecule is c1ccc(-c2ccc3ccccc3c2N(c2ccc3c(c2)C2(c4ccccc4-c4ccc(N(c5ccccc5)c5ccc(C6CCCCC6)cc5)cc42)c2ccccc2-3)c2cccc3oc4ccccc4c23)cc1. The van der Waals surface area contributed by atoms with E-state index >= 15 is 0 Å². The lowest BCUT2D eigenvalue weighted by Gasteiger charge is -2.34. The molecule has 1 unspecified atom stereocenters. The lowest BCUT2D eigenvalue weighted by molar-refractivity contribution is 0.443. The van der Waals surface area contributed by atoms with Gasteiger partial charge in [0.05, 0.1) is 22.2 Å². The first kappa shape index (κ1) is 42.7. The molecule has 1 fully saturated rings. The summed E-state index contributed by atoms with van der Waals surface area (Å²) >= 11 is 0. The monoisotopic (exact) mass is 948 g/mol. The molecule has 0 saturated heterocycles. The van der Waals surface area contributed by atoms with E-state index in [4.69, 9.17) is 4.42 Å². The van der Waals surface area contributed by atoms with Crippen LogP contribution < -0.4 is 9.80 Å². The third-order valence-electron chi connectivity index (χ3n) is 16.6. The average molecular weight is 949 g/mol. The highest BCUT2D eigenvalue weighted by atomic mass is 16.3. The highest BCUT2D eigenvalue weighted by Crippen LogP contribution is 2.64. The third kappa shape index (κ3) is 6.45. The lowest BCUT2D eigenvalue weighted by atomic mass is 9.70. The average Bonchev–Trinajstić information content (AvgIpc) is 4.24. The van der Waals surface area contributed by atoms with Crippen molar-refractivity contribution in [3.8, 4) is 33.4 Å². The van der Waals surface area contributed by atoms with Crippen LogP contribution in [0.4, 0.5) is 34.1 Å². The third-order valence-corrected chi connectivity index (χ3v) is 16.6. The molecule has 0 aliphatic heterocycles. The Hall–Kier alpha value is -8.92. The van der Waals surface area contributed by atoms with Gasteiger partial charge >= 0.3 is 0 Å². The van der Waals surface area contributed by atoms with Gasteiger partial charge in [-0.25, -0.2) is 0 Å². The van der Waals surface area contributed by atoms with Crippen molar-refractivity contribution < 1.29 is 4.42 Å². The summed E-state index contributed by atoms with van der Waals surface area (Å²) in [6, 6.07) is 92.7. The van der Waals surface area contributed by atoms with Crippen LogP contribution in [0.3, 0.4) is 0 Å². The van der Waals surface area contributed by atoms with Crippen molar-refractivity contribution in [2.45, 2.75) is 43.4 Å². The normalized spacial score (nSPS) is 15.6. The second-order valence-corrected chi connectivity index (χ2v) is 20.5. The van der Waals surface area contributed by atoms with Crippen molar-refractivity contribution in [2.24, 2.45) is 0 Å². The molecular formula is C71H52N2O. The molecule has 0 N–H and O–H groups in total. The summed E-state index contributed by atoms with van der Waals surface area (Å²) in [7, 11) is 0. The molecule has 0 bridgehead atoms. The van der Waals surface area contributed by atoms with Crippen LogP contribution >= 0.6 is 0 Å². The fourth-order valence-electron chi connectivity index (χ4n) is 13.4. The van der Waals surface area contributed by atoms with Gasteiger partial charge in [0.25, 0.3) is 0 Å². The standard InChI is InChI=1S/C71H52N2O/c1-4-19-47(20-5-1)48-35-38-52(39-36-48)72(51-24-8-3-9-25-51)53-40-43-59-57-27-12-15-30-62(57)71(64(59)45-53)63-31-16-13-28-58(63)60-44-41-54(46-65(60)71)73(66-32-18-34-68-69(66)61-29-14-17-33-67(61)74-68)70-55-26-11-10-23-50(55)37-42-56(70)49-21-6-2-7-22-49/h2-3,6-18,21-47H,1,4-5,19-20H2. The summed E-state index contributed by atoms with van der Waals surface area (Å²) in [5, 5.41) is 4.53. The topological polar surface area (TPSA) is 19.6 Å². The Labute approximate surface area is 432 Å². The maximum Gasteiger partial charge on any atom is 0.137 e. The summed E-state index contributed by atoms with van der Waals surface area (Å²) in [6.45, 7) is 0.